The van der Waals surface area contributed by atoms with E-state index in [4.69, 9.17) is 10.5 Å². The van der Waals surface area contributed by atoms with Crippen LogP contribution in [0.15, 0.2) is 41.2 Å². The Morgan fingerprint density at radius 2 is 1.73 bits per heavy atom. The zero-order valence-electron chi connectivity index (χ0n) is 29.2. The summed E-state index contributed by atoms with van der Waals surface area (Å²) < 4.78 is 30.5. The van der Waals surface area contributed by atoms with Gasteiger partial charge in [-0.2, -0.15) is 0 Å². The number of rotatable bonds is 11. The van der Waals surface area contributed by atoms with Crippen molar-refractivity contribution in [2.45, 2.75) is 109 Å². The van der Waals surface area contributed by atoms with E-state index in [0.717, 1.165) is 30.3 Å². The predicted molar refractivity (Wildman–Crippen MR) is 187 cm³/mol. The average Bonchev–Trinajstić information content (AvgIpc) is 3.86. The first kappa shape index (κ1) is 39.3. The Hall–Kier alpha value is -4.14. The van der Waals surface area contributed by atoms with Crippen LogP contribution in [0.4, 0.5) is 4.79 Å². The minimum Gasteiger partial charge on any atom is -0.444 e. The van der Waals surface area contributed by atoms with Gasteiger partial charge in [0.2, 0.25) is 27.7 Å². The van der Waals surface area contributed by atoms with E-state index in [1.54, 1.807) is 27.7 Å². The van der Waals surface area contributed by atoms with Crippen LogP contribution < -0.4 is 21.5 Å². The van der Waals surface area contributed by atoms with Gasteiger partial charge in [-0.1, -0.05) is 44.1 Å². The number of aromatic amines is 2. The molecule has 2 saturated carbocycles. The summed E-state index contributed by atoms with van der Waals surface area (Å²) in [5.41, 5.74) is 6.16. The lowest BCUT2D eigenvalue weighted by molar-refractivity contribution is -0.136. The molecule has 1 saturated heterocycles. The molecule has 2 aliphatic carbocycles. The Labute approximate surface area is 288 Å². The lowest BCUT2D eigenvalue weighted by Gasteiger charge is -2.23. The average molecular weight is 705 g/mol. The number of nitrogens with zero attached hydrogens (tertiary/aromatic N) is 1. The van der Waals surface area contributed by atoms with Gasteiger partial charge in [0.1, 0.15) is 18.2 Å². The molecular formula is C34H52N6O8S. The number of alkyl carbamates (subject to hydrolysis) is 1. The summed E-state index contributed by atoms with van der Waals surface area (Å²) in [5.74, 6) is -1.06. The third-order valence-electron chi connectivity index (χ3n) is 8.48. The first-order valence-electron chi connectivity index (χ1n) is 16.9. The van der Waals surface area contributed by atoms with Crippen LogP contribution in [0, 0.1) is 11.8 Å². The Morgan fingerprint density at radius 3 is 2.29 bits per heavy atom. The van der Waals surface area contributed by atoms with Crippen LogP contribution in [-0.4, -0.2) is 76.6 Å². The molecular weight excluding hydrogens is 652 g/mol. The van der Waals surface area contributed by atoms with Crippen molar-refractivity contribution >= 4 is 44.9 Å². The highest BCUT2D eigenvalue weighted by molar-refractivity contribution is 7.91. The van der Waals surface area contributed by atoms with E-state index in [-0.39, 0.29) is 35.9 Å². The Balaban J connectivity index is 0.000000209. The van der Waals surface area contributed by atoms with Crippen molar-refractivity contribution in [1.82, 2.24) is 24.9 Å². The number of unbranched alkanes of at least 4 members (excludes halogenated alkanes) is 3. The van der Waals surface area contributed by atoms with E-state index < -0.39 is 38.4 Å². The number of para-hydroxylation sites is 2. The van der Waals surface area contributed by atoms with E-state index >= 15 is 0 Å². The lowest BCUT2D eigenvalue weighted by Crippen LogP contribution is -2.48. The number of sulfonamides is 1. The first-order chi connectivity index (χ1) is 23.0. The minimum absolute atomic E-state index is 0.144. The van der Waals surface area contributed by atoms with Crippen molar-refractivity contribution in [3.63, 3.8) is 0 Å². The molecule has 1 aromatic carbocycles. The molecule has 3 fully saturated rings. The fourth-order valence-corrected chi connectivity index (χ4v) is 6.49. The summed E-state index contributed by atoms with van der Waals surface area (Å²) in [6.07, 6.45) is 11.6. The van der Waals surface area contributed by atoms with E-state index in [1.807, 2.05) is 24.3 Å². The maximum absolute atomic E-state index is 11.9. The highest BCUT2D eigenvalue weighted by atomic mass is 32.2. The number of likely N-dealkylation sites (tertiary alicyclic amines) is 1. The van der Waals surface area contributed by atoms with Gasteiger partial charge in [-0.05, 0) is 90.7 Å². The van der Waals surface area contributed by atoms with Crippen LogP contribution in [0.3, 0.4) is 0 Å². The molecule has 3 unspecified atom stereocenters. The van der Waals surface area contributed by atoms with Crippen molar-refractivity contribution in [1.29, 1.82) is 0 Å². The Bertz CT molecular complexity index is 1620. The maximum Gasteiger partial charge on any atom is 0.408 e. The third kappa shape index (κ3) is 12.4. The molecule has 15 heteroatoms. The molecule has 49 heavy (non-hydrogen) atoms. The lowest BCUT2D eigenvalue weighted by atomic mass is 10.2. The van der Waals surface area contributed by atoms with Crippen molar-refractivity contribution in [2.24, 2.45) is 17.6 Å². The van der Waals surface area contributed by atoms with Crippen LogP contribution in [0.5, 0.6) is 0 Å². The SMILES string of the molecule is CC(C)(C)OC(=O)NCC(=O)N1CCCC1C(N)=O.CCCCC/C=C\C1CC1C(=O)NS(=O)(=O)C1(C)CC1.O=c1[nH]c2ccccc2[nH]1. The molecule has 2 aromatic rings. The molecule has 5 rings (SSSR count). The molecule has 1 aliphatic heterocycles. The zero-order valence-corrected chi connectivity index (χ0v) is 30.0. The number of hydrogen-bond donors (Lipinski definition) is 5. The Kier molecular flexibility index (Phi) is 13.6. The van der Waals surface area contributed by atoms with Crippen molar-refractivity contribution in [3.8, 4) is 0 Å². The van der Waals surface area contributed by atoms with Crippen molar-refractivity contribution in [2.75, 3.05) is 13.1 Å². The summed E-state index contributed by atoms with van der Waals surface area (Å²) in [5, 5.41) is 2.37. The molecule has 2 heterocycles. The summed E-state index contributed by atoms with van der Waals surface area (Å²) in [6, 6.07) is 6.91. The quantitative estimate of drug-likeness (QED) is 0.172. The summed E-state index contributed by atoms with van der Waals surface area (Å²) in [6.45, 7) is 9.36. The van der Waals surface area contributed by atoms with Gasteiger partial charge in [-0.15, -0.1) is 0 Å². The molecule has 3 aliphatic rings. The summed E-state index contributed by atoms with van der Waals surface area (Å²) >= 11 is 0. The van der Waals surface area contributed by atoms with Gasteiger partial charge < -0.3 is 30.7 Å². The molecule has 0 radical (unpaired) electrons. The molecule has 1 aromatic heterocycles. The number of benzene rings is 1. The predicted octanol–water partition coefficient (Wildman–Crippen LogP) is 3.60. The number of aromatic nitrogens is 2. The number of carbonyl (C=O) groups is 4. The normalized spacial score (nSPS) is 20.8. The second-order valence-corrected chi connectivity index (χ2v) is 16.2. The van der Waals surface area contributed by atoms with Gasteiger partial charge in [0.05, 0.1) is 15.8 Å². The van der Waals surface area contributed by atoms with E-state index in [9.17, 15) is 32.4 Å². The fraction of sp³-hybridized carbons (Fsp3) is 0.618. The van der Waals surface area contributed by atoms with Gasteiger partial charge in [0.15, 0.2) is 0 Å². The van der Waals surface area contributed by atoms with Crippen LogP contribution >= 0.6 is 0 Å². The number of imidazole rings is 1. The second kappa shape index (κ2) is 17.0. The van der Waals surface area contributed by atoms with Gasteiger partial charge in [-0.3, -0.25) is 19.1 Å². The van der Waals surface area contributed by atoms with Crippen molar-refractivity contribution in [3.05, 3.63) is 46.9 Å². The molecule has 6 N–H and O–H groups in total. The van der Waals surface area contributed by atoms with Crippen LogP contribution in [0.2, 0.25) is 0 Å². The number of ether oxygens (including phenoxy) is 1. The third-order valence-corrected chi connectivity index (χ3v) is 10.7. The number of allylic oxidation sites excluding steroid dienone is 2. The number of carbonyl (C=O) groups excluding carboxylic acids is 4. The number of fused-ring (bicyclic) bond motifs is 1. The summed E-state index contributed by atoms with van der Waals surface area (Å²) in [4.78, 5) is 63.7. The van der Waals surface area contributed by atoms with Crippen molar-refractivity contribution < 1.29 is 32.3 Å². The molecule has 0 bridgehead atoms. The van der Waals surface area contributed by atoms with Crippen LogP contribution in [0.25, 0.3) is 11.0 Å². The smallest absolute Gasteiger partial charge is 0.408 e. The van der Waals surface area contributed by atoms with E-state index in [2.05, 4.69) is 39.1 Å². The van der Waals surface area contributed by atoms with Crippen LogP contribution in [-0.2, 0) is 29.1 Å². The van der Waals surface area contributed by atoms with Crippen LogP contribution in [0.1, 0.15) is 92.4 Å². The second-order valence-electron chi connectivity index (χ2n) is 14.0. The first-order valence-corrected chi connectivity index (χ1v) is 18.4. The van der Waals surface area contributed by atoms with E-state index in [0.29, 0.717) is 25.8 Å². The number of primary amides is 1. The molecule has 4 amide bonds. The monoisotopic (exact) mass is 704 g/mol. The number of H-pyrrole nitrogens is 2. The van der Waals surface area contributed by atoms with Gasteiger partial charge in [0, 0.05) is 12.5 Å². The molecule has 14 nitrogen and oxygen atoms in total. The number of hydrogen-bond acceptors (Lipinski definition) is 8. The fourth-order valence-electron chi connectivity index (χ4n) is 5.19. The van der Waals surface area contributed by atoms with Gasteiger partial charge >= 0.3 is 11.8 Å². The summed E-state index contributed by atoms with van der Waals surface area (Å²) in [7, 11) is -3.47. The maximum atomic E-state index is 11.9. The highest BCUT2D eigenvalue weighted by Gasteiger charge is 2.52. The minimum atomic E-state index is -3.47. The highest BCUT2D eigenvalue weighted by Crippen LogP contribution is 2.44. The standard InChI is InChI=1S/C15H25NO3S.C12H21N3O4.C7H6N2O/c1-3-4-5-6-7-8-12-11-13(12)14(17)16-20(18,19)15(2)9-10-15;1-12(2,3)19-11(18)14-7-9(16)15-6-4-5-8(15)10(13)17;10-7-8-5-3-1-2-4-6(5)9-7/h7-8,12-13H,3-6,9-11H2,1-2H3,(H,16,17);8H,4-7H2,1-3H3,(H2,13,17)(H,14,18);1-4H,(H2,8,9,10)/b8-7-;;. The zero-order chi connectivity index (χ0) is 36.4. The van der Waals surface area contributed by atoms with Gasteiger partial charge in [0.25, 0.3) is 0 Å². The number of amides is 4. The van der Waals surface area contributed by atoms with E-state index in [1.165, 1.54) is 24.2 Å². The molecule has 272 valence electrons. The number of nitrogens with one attached hydrogen (secondary N) is 4. The molecule has 3 atom stereocenters. The Morgan fingerprint density at radius 1 is 1.10 bits per heavy atom. The largest absolute Gasteiger partial charge is 0.444 e. The molecule has 0 spiro atoms. The topological polar surface area (TPSA) is 214 Å². The number of nitrogens with two attached hydrogens (primary N) is 1. The van der Waals surface area contributed by atoms with Gasteiger partial charge in [-0.25, -0.2) is 18.0 Å².